The van der Waals surface area contributed by atoms with Crippen molar-refractivity contribution in [2.24, 2.45) is 11.1 Å². The molecule has 2 rings (SSSR count). The van der Waals surface area contributed by atoms with Crippen LogP contribution in [0.15, 0.2) is 11.6 Å². The average Bonchev–Trinajstić information content (AvgIpc) is 2.18. The molecular weight excluding hydrogens is 188 g/mol. The first-order chi connectivity index (χ1) is 7.18. The van der Waals surface area contributed by atoms with Gasteiger partial charge < -0.3 is 10.6 Å². The second-order valence-electron chi connectivity index (χ2n) is 4.89. The quantitative estimate of drug-likeness (QED) is 0.695. The Hall–Kier alpha value is -0.830. The molecule has 0 saturated heterocycles. The van der Waals surface area contributed by atoms with Crippen molar-refractivity contribution in [2.45, 2.75) is 32.6 Å². The summed E-state index contributed by atoms with van der Waals surface area (Å²) in [4.78, 5) is 14.2. The summed E-state index contributed by atoms with van der Waals surface area (Å²) < 4.78 is 0. The summed E-state index contributed by atoms with van der Waals surface area (Å²) in [7, 11) is 0. The summed E-state index contributed by atoms with van der Waals surface area (Å²) in [5.74, 6) is 0.292. The third-order valence-corrected chi connectivity index (χ3v) is 3.88. The van der Waals surface area contributed by atoms with Crippen molar-refractivity contribution in [3.63, 3.8) is 0 Å². The predicted molar refractivity (Wildman–Crippen MR) is 60.3 cm³/mol. The largest absolute Gasteiger partial charge is 0.338 e. The van der Waals surface area contributed by atoms with Gasteiger partial charge in [0, 0.05) is 19.6 Å². The van der Waals surface area contributed by atoms with Crippen LogP contribution in [0.4, 0.5) is 0 Å². The van der Waals surface area contributed by atoms with E-state index >= 15 is 0 Å². The molecule has 0 unspecified atom stereocenters. The van der Waals surface area contributed by atoms with Crippen LogP contribution in [0, 0.1) is 5.41 Å². The topological polar surface area (TPSA) is 46.3 Å². The normalized spacial score (nSPS) is 24.4. The number of carbonyl (C=O) groups excluding carboxylic acids is 1. The van der Waals surface area contributed by atoms with Crippen LogP contribution in [0.2, 0.25) is 0 Å². The smallest absolute Gasteiger partial charge is 0.230 e. The molecule has 3 heteroatoms. The summed E-state index contributed by atoms with van der Waals surface area (Å²) >= 11 is 0. The van der Waals surface area contributed by atoms with Gasteiger partial charge in [-0.05, 0) is 26.2 Å². The lowest BCUT2D eigenvalue weighted by Gasteiger charge is -2.43. The molecule has 1 saturated carbocycles. The lowest BCUT2D eigenvalue weighted by atomic mass is 9.67. The van der Waals surface area contributed by atoms with E-state index in [2.05, 4.69) is 13.0 Å². The first-order valence-corrected chi connectivity index (χ1v) is 5.83. The van der Waals surface area contributed by atoms with Gasteiger partial charge in [-0.15, -0.1) is 0 Å². The van der Waals surface area contributed by atoms with Crippen molar-refractivity contribution in [1.29, 1.82) is 0 Å². The molecule has 84 valence electrons. The minimum atomic E-state index is -0.195. The first kappa shape index (κ1) is 10.7. The van der Waals surface area contributed by atoms with Crippen LogP contribution in [0.25, 0.3) is 0 Å². The van der Waals surface area contributed by atoms with Gasteiger partial charge in [-0.25, -0.2) is 0 Å². The van der Waals surface area contributed by atoms with E-state index in [1.54, 1.807) is 0 Å². The molecule has 2 aliphatic rings. The lowest BCUT2D eigenvalue weighted by Crippen LogP contribution is -2.52. The van der Waals surface area contributed by atoms with E-state index in [1.807, 2.05) is 4.90 Å². The summed E-state index contributed by atoms with van der Waals surface area (Å²) in [5, 5.41) is 0. The van der Waals surface area contributed by atoms with E-state index in [0.29, 0.717) is 12.5 Å². The Balaban J connectivity index is 2.02. The highest BCUT2D eigenvalue weighted by Gasteiger charge is 2.44. The van der Waals surface area contributed by atoms with Crippen LogP contribution in [0.5, 0.6) is 0 Å². The zero-order valence-electron chi connectivity index (χ0n) is 9.46. The number of carbonyl (C=O) groups is 1. The molecule has 1 aliphatic carbocycles. The molecule has 1 fully saturated rings. The molecule has 0 aromatic rings. The van der Waals surface area contributed by atoms with Gasteiger partial charge in [-0.2, -0.15) is 0 Å². The summed E-state index contributed by atoms with van der Waals surface area (Å²) in [5.41, 5.74) is 6.94. The number of hydrogen-bond acceptors (Lipinski definition) is 2. The Bertz CT molecular complexity index is 286. The molecule has 0 radical (unpaired) electrons. The summed E-state index contributed by atoms with van der Waals surface area (Å²) in [6.07, 6.45) is 6.31. The second-order valence-corrected chi connectivity index (χ2v) is 4.89. The van der Waals surface area contributed by atoms with Gasteiger partial charge in [0.15, 0.2) is 0 Å². The fourth-order valence-electron chi connectivity index (χ4n) is 2.40. The number of nitrogens with two attached hydrogens (primary N) is 1. The van der Waals surface area contributed by atoms with Gasteiger partial charge >= 0.3 is 0 Å². The number of rotatable bonds is 2. The third kappa shape index (κ3) is 1.81. The fraction of sp³-hybridized carbons (Fsp3) is 0.750. The molecule has 2 N–H and O–H groups in total. The maximum Gasteiger partial charge on any atom is 0.230 e. The van der Waals surface area contributed by atoms with Crippen molar-refractivity contribution >= 4 is 5.91 Å². The standard InChI is InChI=1S/C12H20N2O/c1-10-3-7-14(8-4-10)11(15)12(9-13)5-2-6-12/h3H,2,4-9,13H2,1H3. The maximum absolute atomic E-state index is 12.3. The summed E-state index contributed by atoms with van der Waals surface area (Å²) in [6.45, 7) is 4.31. The molecule has 1 heterocycles. The molecule has 15 heavy (non-hydrogen) atoms. The molecular formula is C12H20N2O. The maximum atomic E-state index is 12.3. The molecule has 0 spiro atoms. The van der Waals surface area contributed by atoms with Crippen LogP contribution in [0.1, 0.15) is 32.6 Å². The zero-order valence-corrected chi connectivity index (χ0v) is 9.46. The monoisotopic (exact) mass is 208 g/mol. The van der Waals surface area contributed by atoms with Gasteiger partial charge in [0.2, 0.25) is 5.91 Å². The fourth-order valence-corrected chi connectivity index (χ4v) is 2.40. The van der Waals surface area contributed by atoms with Crippen LogP contribution in [0.3, 0.4) is 0 Å². The highest BCUT2D eigenvalue weighted by Crippen LogP contribution is 2.41. The number of amides is 1. The highest BCUT2D eigenvalue weighted by atomic mass is 16.2. The van der Waals surface area contributed by atoms with Crippen molar-refractivity contribution < 1.29 is 4.79 Å². The number of hydrogen-bond donors (Lipinski definition) is 1. The Morgan fingerprint density at radius 1 is 1.60 bits per heavy atom. The Morgan fingerprint density at radius 3 is 2.73 bits per heavy atom. The van der Waals surface area contributed by atoms with Crippen molar-refractivity contribution in [3.8, 4) is 0 Å². The van der Waals surface area contributed by atoms with Crippen LogP contribution >= 0.6 is 0 Å². The van der Waals surface area contributed by atoms with Gasteiger partial charge in [0.05, 0.1) is 5.41 Å². The van der Waals surface area contributed by atoms with E-state index in [4.69, 9.17) is 5.73 Å². The zero-order chi connectivity index (χ0) is 10.9. The predicted octanol–water partition coefficient (Wildman–Crippen LogP) is 1.29. The van der Waals surface area contributed by atoms with Gasteiger partial charge in [0.1, 0.15) is 0 Å². The van der Waals surface area contributed by atoms with Crippen molar-refractivity contribution in [3.05, 3.63) is 11.6 Å². The van der Waals surface area contributed by atoms with E-state index in [0.717, 1.165) is 38.8 Å². The van der Waals surface area contributed by atoms with E-state index < -0.39 is 0 Å². The van der Waals surface area contributed by atoms with Crippen LogP contribution in [-0.4, -0.2) is 30.4 Å². The molecule has 0 atom stereocenters. The number of nitrogens with zero attached hydrogens (tertiary/aromatic N) is 1. The minimum absolute atomic E-state index is 0.195. The van der Waals surface area contributed by atoms with Gasteiger partial charge in [-0.1, -0.05) is 18.1 Å². The first-order valence-electron chi connectivity index (χ1n) is 5.83. The lowest BCUT2D eigenvalue weighted by molar-refractivity contribution is -0.146. The van der Waals surface area contributed by atoms with Crippen LogP contribution in [-0.2, 0) is 4.79 Å². The molecule has 3 nitrogen and oxygen atoms in total. The Morgan fingerprint density at radius 2 is 2.33 bits per heavy atom. The van der Waals surface area contributed by atoms with E-state index in [1.165, 1.54) is 5.57 Å². The molecule has 1 amide bonds. The van der Waals surface area contributed by atoms with E-state index in [-0.39, 0.29) is 5.41 Å². The minimum Gasteiger partial charge on any atom is -0.338 e. The molecule has 1 aliphatic heterocycles. The Kier molecular flexibility index (Phi) is 2.83. The third-order valence-electron chi connectivity index (χ3n) is 3.88. The summed E-state index contributed by atoms with van der Waals surface area (Å²) in [6, 6.07) is 0. The molecule has 0 aromatic carbocycles. The highest BCUT2D eigenvalue weighted by molar-refractivity contribution is 5.84. The average molecular weight is 208 g/mol. The van der Waals surface area contributed by atoms with Gasteiger partial charge in [0.25, 0.3) is 0 Å². The van der Waals surface area contributed by atoms with E-state index in [9.17, 15) is 4.79 Å². The van der Waals surface area contributed by atoms with Crippen molar-refractivity contribution in [1.82, 2.24) is 4.90 Å². The van der Waals surface area contributed by atoms with Crippen molar-refractivity contribution in [2.75, 3.05) is 19.6 Å². The molecule has 0 aromatic heterocycles. The second kappa shape index (κ2) is 3.97. The molecule has 0 bridgehead atoms. The van der Waals surface area contributed by atoms with Crippen LogP contribution < -0.4 is 5.73 Å². The SMILES string of the molecule is CC1=CCN(C(=O)C2(CN)CCC2)CC1. The Labute approximate surface area is 91.3 Å². The van der Waals surface area contributed by atoms with Gasteiger partial charge in [-0.3, -0.25) is 4.79 Å².